The average molecular weight is 237 g/mol. The van der Waals surface area contributed by atoms with Gasteiger partial charge < -0.3 is 4.57 Å². The molecule has 0 fully saturated rings. The molecule has 0 unspecified atom stereocenters. The van der Waals surface area contributed by atoms with Crippen LogP contribution >= 0.6 is 0 Å². The van der Waals surface area contributed by atoms with Gasteiger partial charge >= 0.3 is 0 Å². The molecule has 0 radical (unpaired) electrons. The molecule has 0 atom stereocenters. The number of benzene rings is 1. The number of pyridine rings is 1. The monoisotopic (exact) mass is 237 g/mol. The van der Waals surface area contributed by atoms with Crippen molar-refractivity contribution in [1.29, 1.82) is 0 Å². The van der Waals surface area contributed by atoms with E-state index in [1.165, 1.54) is 0 Å². The molecule has 4 heteroatoms. The van der Waals surface area contributed by atoms with Crippen LogP contribution in [0.15, 0.2) is 72.2 Å². The van der Waals surface area contributed by atoms with Gasteiger partial charge in [-0.1, -0.05) is 12.1 Å². The van der Waals surface area contributed by atoms with E-state index in [1.54, 1.807) is 35.4 Å². The van der Waals surface area contributed by atoms with Crippen LogP contribution in [0.2, 0.25) is 0 Å². The van der Waals surface area contributed by atoms with Gasteiger partial charge in [0.15, 0.2) is 0 Å². The summed E-state index contributed by atoms with van der Waals surface area (Å²) in [4.78, 5) is 15.8. The van der Waals surface area contributed by atoms with Gasteiger partial charge in [0, 0.05) is 30.3 Å². The summed E-state index contributed by atoms with van der Waals surface area (Å²) < 4.78 is 3.51. The Morgan fingerprint density at radius 1 is 0.944 bits per heavy atom. The highest BCUT2D eigenvalue weighted by Gasteiger charge is 2.00. The van der Waals surface area contributed by atoms with E-state index in [-0.39, 0.29) is 5.56 Å². The second-order valence-corrected chi connectivity index (χ2v) is 3.90. The predicted octanol–water partition coefficient (Wildman–Crippen LogP) is 2.02. The van der Waals surface area contributed by atoms with E-state index in [9.17, 15) is 4.79 Å². The Bertz CT molecular complexity index is 714. The molecule has 3 rings (SSSR count). The minimum atomic E-state index is -0.0414. The third-order valence-corrected chi connectivity index (χ3v) is 2.73. The highest BCUT2D eigenvalue weighted by atomic mass is 16.1. The first-order valence-corrected chi connectivity index (χ1v) is 5.61. The van der Waals surface area contributed by atoms with Crippen LogP contribution in [0.5, 0.6) is 0 Å². The van der Waals surface area contributed by atoms with Crippen molar-refractivity contribution in [3.05, 3.63) is 77.7 Å². The zero-order valence-corrected chi connectivity index (χ0v) is 9.60. The summed E-state index contributed by atoms with van der Waals surface area (Å²) in [7, 11) is 0. The fraction of sp³-hybridized carbons (Fsp3) is 0. The molecular formula is C14H11N3O. The fourth-order valence-corrected chi connectivity index (χ4v) is 1.86. The first-order valence-electron chi connectivity index (χ1n) is 5.61. The summed E-state index contributed by atoms with van der Waals surface area (Å²) in [6.45, 7) is 0. The molecule has 2 heterocycles. The first-order chi connectivity index (χ1) is 8.84. The maximum atomic E-state index is 11.8. The normalized spacial score (nSPS) is 10.4. The van der Waals surface area contributed by atoms with E-state index in [1.807, 2.05) is 41.1 Å². The zero-order valence-electron chi connectivity index (χ0n) is 9.60. The van der Waals surface area contributed by atoms with Crippen molar-refractivity contribution < 1.29 is 0 Å². The Kier molecular flexibility index (Phi) is 2.53. The predicted molar refractivity (Wildman–Crippen MR) is 69.2 cm³/mol. The van der Waals surface area contributed by atoms with E-state index in [0.29, 0.717) is 0 Å². The maximum Gasteiger partial charge on any atom is 0.255 e. The molecule has 1 aromatic carbocycles. The summed E-state index contributed by atoms with van der Waals surface area (Å²) in [5.41, 5.74) is 1.77. The summed E-state index contributed by atoms with van der Waals surface area (Å²) in [6, 6.07) is 12.9. The molecule has 4 nitrogen and oxygen atoms in total. The molecular weight excluding hydrogens is 226 g/mol. The number of imidazole rings is 1. The van der Waals surface area contributed by atoms with E-state index < -0.39 is 0 Å². The van der Waals surface area contributed by atoms with Crippen molar-refractivity contribution in [3.8, 4) is 11.4 Å². The maximum absolute atomic E-state index is 11.8. The van der Waals surface area contributed by atoms with Crippen molar-refractivity contribution in [2.75, 3.05) is 0 Å². The zero-order chi connectivity index (χ0) is 12.4. The van der Waals surface area contributed by atoms with Gasteiger partial charge in [-0.25, -0.2) is 4.98 Å². The Morgan fingerprint density at radius 2 is 1.83 bits per heavy atom. The average Bonchev–Trinajstić information content (AvgIpc) is 2.93. The molecule has 18 heavy (non-hydrogen) atoms. The van der Waals surface area contributed by atoms with Gasteiger partial charge in [-0.05, 0) is 24.3 Å². The number of hydrogen-bond acceptors (Lipinski definition) is 2. The van der Waals surface area contributed by atoms with Crippen molar-refractivity contribution in [1.82, 2.24) is 14.1 Å². The fourth-order valence-electron chi connectivity index (χ4n) is 1.86. The van der Waals surface area contributed by atoms with E-state index in [4.69, 9.17) is 0 Å². The third kappa shape index (κ3) is 1.84. The topological polar surface area (TPSA) is 39.8 Å². The lowest BCUT2D eigenvalue weighted by atomic mass is 10.2. The molecule has 0 aliphatic heterocycles. The van der Waals surface area contributed by atoms with Gasteiger partial charge in [0.05, 0.1) is 12.0 Å². The molecule has 0 saturated carbocycles. The largest absolute Gasteiger partial charge is 0.306 e. The summed E-state index contributed by atoms with van der Waals surface area (Å²) in [5.74, 6) is 0. The highest BCUT2D eigenvalue weighted by molar-refractivity contribution is 5.43. The van der Waals surface area contributed by atoms with Crippen LogP contribution in [-0.2, 0) is 0 Å². The molecule has 0 saturated heterocycles. The van der Waals surface area contributed by atoms with Crippen LogP contribution in [0.1, 0.15) is 0 Å². The minimum absolute atomic E-state index is 0.0414. The lowest BCUT2D eigenvalue weighted by molar-refractivity contribution is 0.978. The molecule has 88 valence electrons. The van der Waals surface area contributed by atoms with Gasteiger partial charge in [-0.15, -0.1) is 0 Å². The molecule has 0 spiro atoms. The van der Waals surface area contributed by atoms with Crippen molar-refractivity contribution >= 4 is 0 Å². The third-order valence-electron chi connectivity index (χ3n) is 2.73. The molecule has 0 aliphatic carbocycles. The number of aromatic nitrogens is 3. The summed E-state index contributed by atoms with van der Waals surface area (Å²) in [5, 5.41) is 0. The van der Waals surface area contributed by atoms with Gasteiger partial charge in [0.25, 0.3) is 5.56 Å². The van der Waals surface area contributed by atoms with Crippen LogP contribution in [-0.4, -0.2) is 14.1 Å². The van der Waals surface area contributed by atoms with Crippen LogP contribution in [0.25, 0.3) is 11.4 Å². The summed E-state index contributed by atoms with van der Waals surface area (Å²) in [6.07, 6.45) is 7.08. The lowest BCUT2D eigenvalue weighted by Gasteiger charge is -2.07. The van der Waals surface area contributed by atoms with Crippen LogP contribution in [0, 0.1) is 0 Å². The minimum Gasteiger partial charge on any atom is -0.306 e. The van der Waals surface area contributed by atoms with Crippen LogP contribution in [0.4, 0.5) is 0 Å². The van der Waals surface area contributed by atoms with Crippen molar-refractivity contribution in [3.63, 3.8) is 0 Å². The van der Waals surface area contributed by atoms with Gasteiger partial charge in [0.1, 0.15) is 0 Å². The van der Waals surface area contributed by atoms with E-state index in [2.05, 4.69) is 4.98 Å². The first kappa shape index (κ1) is 10.5. The molecule has 0 N–H and O–H groups in total. The number of rotatable bonds is 2. The van der Waals surface area contributed by atoms with E-state index in [0.717, 1.165) is 11.4 Å². The smallest absolute Gasteiger partial charge is 0.255 e. The van der Waals surface area contributed by atoms with E-state index >= 15 is 0 Å². The SMILES string of the molecule is O=c1ccccn1-c1cccc(-n2ccnc2)c1. The van der Waals surface area contributed by atoms with Crippen molar-refractivity contribution in [2.45, 2.75) is 0 Å². The summed E-state index contributed by atoms with van der Waals surface area (Å²) >= 11 is 0. The second-order valence-electron chi connectivity index (χ2n) is 3.90. The lowest BCUT2D eigenvalue weighted by Crippen LogP contribution is -2.15. The van der Waals surface area contributed by atoms with Gasteiger partial charge in [0.2, 0.25) is 0 Å². The molecule has 0 aliphatic rings. The standard InChI is InChI=1S/C14H11N3O/c18-14-6-1-2-8-17(14)13-5-3-4-12(10-13)16-9-7-15-11-16/h1-11H. The Hall–Kier alpha value is -2.62. The Balaban J connectivity index is 2.13. The van der Waals surface area contributed by atoms with Crippen molar-refractivity contribution in [2.24, 2.45) is 0 Å². The Labute approximate surface area is 104 Å². The number of nitrogens with zero attached hydrogens (tertiary/aromatic N) is 3. The Morgan fingerprint density at radius 3 is 2.61 bits per heavy atom. The molecule has 0 amide bonds. The number of hydrogen-bond donors (Lipinski definition) is 0. The molecule has 2 aromatic heterocycles. The molecule has 0 bridgehead atoms. The quantitative estimate of drug-likeness (QED) is 0.684. The second kappa shape index (κ2) is 4.33. The van der Waals surface area contributed by atoms with Gasteiger partial charge in [-0.3, -0.25) is 9.36 Å². The highest BCUT2D eigenvalue weighted by Crippen LogP contribution is 2.12. The van der Waals surface area contributed by atoms with Crippen LogP contribution < -0.4 is 5.56 Å². The van der Waals surface area contributed by atoms with Gasteiger partial charge in [-0.2, -0.15) is 0 Å². The van der Waals surface area contributed by atoms with Crippen LogP contribution in [0.3, 0.4) is 0 Å². The molecule has 3 aromatic rings.